The van der Waals surface area contributed by atoms with E-state index in [1.165, 1.54) is 12.1 Å². The fraction of sp³-hybridized carbons (Fsp3) is 0.320. The first-order chi connectivity index (χ1) is 14.5. The van der Waals surface area contributed by atoms with Crippen molar-refractivity contribution in [1.82, 2.24) is 0 Å². The first-order valence-corrected chi connectivity index (χ1v) is 10.0. The number of hydrogen-bond donors (Lipinski definition) is 0. The van der Waals surface area contributed by atoms with Crippen LogP contribution in [0.4, 0.5) is 18.9 Å². The van der Waals surface area contributed by atoms with E-state index in [2.05, 4.69) is 31.7 Å². The van der Waals surface area contributed by atoms with Crippen LogP contribution in [0.5, 0.6) is 5.75 Å². The summed E-state index contributed by atoms with van der Waals surface area (Å²) >= 11 is 0. The summed E-state index contributed by atoms with van der Waals surface area (Å²) in [5, 5.41) is 9.68. The number of alkyl halides is 3. The van der Waals surface area contributed by atoms with Gasteiger partial charge in [-0.3, -0.25) is 0 Å². The molecule has 2 aromatic rings. The fourth-order valence-electron chi connectivity index (χ4n) is 4.19. The topological polar surface area (TPSA) is 36.3 Å². The molecule has 31 heavy (non-hydrogen) atoms. The molecule has 1 aliphatic rings. The summed E-state index contributed by atoms with van der Waals surface area (Å²) in [6, 6.07) is 10.7. The van der Waals surface area contributed by atoms with Gasteiger partial charge < -0.3 is 9.64 Å². The number of methoxy groups -OCH3 is 1. The second-order valence-electron chi connectivity index (χ2n) is 8.08. The van der Waals surface area contributed by atoms with Crippen molar-refractivity contribution >= 4 is 22.9 Å². The summed E-state index contributed by atoms with van der Waals surface area (Å²) in [5.41, 5.74) is 3.16. The Balaban J connectivity index is 2.17. The lowest BCUT2D eigenvalue weighted by Gasteiger charge is -2.43. The van der Waals surface area contributed by atoms with Crippen LogP contribution in [0.15, 0.2) is 42.5 Å². The van der Waals surface area contributed by atoms with Gasteiger partial charge in [0.15, 0.2) is 0 Å². The van der Waals surface area contributed by atoms with E-state index in [-0.39, 0.29) is 16.7 Å². The van der Waals surface area contributed by atoms with E-state index in [1.54, 1.807) is 13.2 Å². The maximum absolute atomic E-state index is 13.1. The first kappa shape index (κ1) is 22.5. The average molecular weight is 426 g/mol. The SMILES string of the molecule is CCN1c2cc(OC)c(/C=C(\C#N)c3cccc(C(F)(F)F)c3)cc2C(C)=CC1(C)C. The zero-order valence-electron chi connectivity index (χ0n) is 18.3. The summed E-state index contributed by atoms with van der Waals surface area (Å²) in [6.07, 6.45) is -0.701. The number of anilines is 1. The van der Waals surface area contributed by atoms with E-state index in [9.17, 15) is 18.4 Å². The van der Waals surface area contributed by atoms with E-state index in [1.807, 2.05) is 25.1 Å². The third-order valence-corrected chi connectivity index (χ3v) is 5.57. The monoisotopic (exact) mass is 426 g/mol. The molecule has 0 N–H and O–H groups in total. The molecule has 0 atom stereocenters. The highest BCUT2D eigenvalue weighted by Crippen LogP contribution is 2.43. The highest BCUT2D eigenvalue weighted by atomic mass is 19.4. The van der Waals surface area contributed by atoms with Gasteiger partial charge in [0.05, 0.1) is 29.9 Å². The molecule has 3 rings (SSSR count). The van der Waals surface area contributed by atoms with Crippen LogP contribution in [0.2, 0.25) is 0 Å². The molecule has 6 heteroatoms. The van der Waals surface area contributed by atoms with Crippen LogP contribution in [-0.2, 0) is 6.18 Å². The molecular formula is C25H25F3N2O. The predicted molar refractivity (Wildman–Crippen MR) is 119 cm³/mol. The van der Waals surface area contributed by atoms with Crippen molar-refractivity contribution in [2.24, 2.45) is 0 Å². The smallest absolute Gasteiger partial charge is 0.416 e. The minimum Gasteiger partial charge on any atom is -0.496 e. The quantitative estimate of drug-likeness (QED) is 0.398. The van der Waals surface area contributed by atoms with Crippen LogP contribution >= 0.6 is 0 Å². The highest BCUT2D eigenvalue weighted by Gasteiger charge is 2.32. The van der Waals surface area contributed by atoms with Crippen LogP contribution in [0.1, 0.15) is 49.9 Å². The summed E-state index contributed by atoms with van der Waals surface area (Å²) in [6.45, 7) is 9.21. The first-order valence-electron chi connectivity index (χ1n) is 10.0. The largest absolute Gasteiger partial charge is 0.496 e. The van der Waals surface area contributed by atoms with Crippen molar-refractivity contribution < 1.29 is 17.9 Å². The van der Waals surface area contributed by atoms with Crippen LogP contribution in [0, 0.1) is 11.3 Å². The molecule has 0 fully saturated rings. The lowest BCUT2D eigenvalue weighted by Crippen LogP contribution is -2.44. The molecular weight excluding hydrogens is 401 g/mol. The molecule has 0 unspecified atom stereocenters. The van der Waals surface area contributed by atoms with Gasteiger partial charge >= 0.3 is 6.18 Å². The Hall–Kier alpha value is -3.20. The Morgan fingerprint density at radius 1 is 1.23 bits per heavy atom. The number of allylic oxidation sites excluding steroid dienone is 2. The van der Waals surface area contributed by atoms with E-state index < -0.39 is 11.7 Å². The summed E-state index contributed by atoms with van der Waals surface area (Å²) in [4.78, 5) is 2.27. The molecule has 2 aromatic carbocycles. The predicted octanol–water partition coefficient (Wildman–Crippen LogP) is 6.80. The van der Waals surface area contributed by atoms with Gasteiger partial charge in [-0.15, -0.1) is 0 Å². The number of benzene rings is 2. The molecule has 0 radical (unpaired) electrons. The maximum atomic E-state index is 13.1. The van der Waals surface area contributed by atoms with Gasteiger partial charge in [-0.25, -0.2) is 0 Å². The molecule has 0 bridgehead atoms. The summed E-state index contributed by atoms with van der Waals surface area (Å²) in [7, 11) is 1.54. The van der Waals surface area contributed by atoms with Gasteiger partial charge in [0.1, 0.15) is 5.75 Å². The molecule has 0 spiro atoms. The Kier molecular flexibility index (Phi) is 5.91. The number of ether oxygens (including phenoxy) is 1. The van der Waals surface area contributed by atoms with Crippen molar-refractivity contribution in [1.29, 1.82) is 5.26 Å². The Morgan fingerprint density at radius 3 is 2.52 bits per heavy atom. The zero-order valence-corrected chi connectivity index (χ0v) is 18.3. The molecule has 0 saturated carbocycles. The number of rotatable bonds is 4. The third-order valence-electron chi connectivity index (χ3n) is 5.57. The van der Waals surface area contributed by atoms with Crippen molar-refractivity contribution in [2.75, 3.05) is 18.6 Å². The Morgan fingerprint density at radius 2 is 1.94 bits per heavy atom. The van der Waals surface area contributed by atoms with Crippen molar-refractivity contribution in [2.45, 2.75) is 39.4 Å². The minimum atomic E-state index is -4.47. The lowest BCUT2D eigenvalue weighted by atomic mass is 9.87. The van der Waals surface area contributed by atoms with Gasteiger partial charge in [-0.05, 0) is 63.1 Å². The summed E-state index contributed by atoms with van der Waals surface area (Å²) < 4.78 is 44.9. The number of nitriles is 1. The molecule has 0 aliphatic carbocycles. The van der Waals surface area contributed by atoms with Crippen LogP contribution < -0.4 is 9.64 Å². The highest BCUT2D eigenvalue weighted by molar-refractivity contribution is 5.93. The second kappa shape index (κ2) is 8.14. The van der Waals surface area contributed by atoms with E-state index in [0.717, 1.165) is 35.5 Å². The van der Waals surface area contributed by atoms with Gasteiger partial charge in [0, 0.05) is 29.4 Å². The standard InChI is InChI=1S/C25H25F3N2O/c1-6-30-22-13-23(31-5)18(12-21(22)16(2)14-24(30,3)4)10-19(15-29)17-8-7-9-20(11-17)25(26,27)28/h7-14H,6H2,1-5H3/b19-10+. The van der Waals surface area contributed by atoms with Gasteiger partial charge in [0.25, 0.3) is 0 Å². The number of halogens is 3. The molecule has 3 nitrogen and oxygen atoms in total. The van der Waals surface area contributed by atoms with Gasteiger partial charge in [-0.1, -0.05) is 18.2 Å². The minimum absolute atomic E-state index is 0.134. The molecule has 1 heterocycles. The maximum Gasteiger partial charge on any atom is 0.416 e. The second-order valence-corrected chi connectivity index (χ2v) is 8.08. The number of likely N-dealkylation sites (N-methyl/N-ethyl adjacent to an activating group) is 1. The van der Waals surface area contributed by atoms with E-state index in [0.29, 0.717) is 11.3 Å². The van der Waals surface area contributed by atoms with Crippen molar-refractivity contribution in [3.8, 4) is 11.8 Å². The molecule has 162 valence electrons. The molecule has 0 saturated heterocycles. The average Bonchev–Trinajstić information content (AvgIpc) is 2.70. The fourth-order valence-corrected chi connectivity index (χ4v) is 4.19. The van der Waals surface area contributed by atoms with E-state index >= 15 is 0 Å². The molecule has 0 aromatic heterocycles. The van der Waals surface area contributed by atoms with Crippen LogP contribution in [0.3, 0.4) is 0 Å². The number of fused-ring (bicyclic) bond motifs is 1. The van der Waals surface area contributed by atoms with Crippen molar-refractivity contribution in [3.05, 3.63) is 64.7 Å². The molecule has 0 amide bonds. The van der Waals surface area contributed by atoms with Gasteiger partial charge in [0.2, 0.25) is 0 Å². The summed E-state index contributed by atoms with van der Waals surface area (Å²) in [5.74, 6) is 0.558. The number of hydrogen-bond acceptors (Lipinski definition) is 3. The van der Waals surface area contributed by atoms with E-state index in [4.69, 9.17) is 4.74 Å². The van der Waals surface area contributed by atoms with Crippen LogP contribution in [0.25, 0.3) is 17.2 Å². The normalized spacial score (nSPS) is 15.8. The Labute approximate surface area is 181 Å². The zero-order chi connectivity index (χ0) is 23.0. The lowest BCUT2D eigenvalue weighted by molar-refractivity contribution is -0.137. The third kappa shape index (κ3) is 4.32. The molecule has 1 aliphatic heterocycles. The van der Waals surface area contributed by atoms with Gasteiger partial charge in [-0.2, -0.15) is 18.4 Å². The van der Waals surface area contributed by atoms with Crippen LogP contribution in [-0.4, -0.2) is 19.2 Å². The number of nitrogens with zero attached hydrogens (tertiary/aromatic N) is 2. The Bertz CT molecular complexity index is 1100. The van der Waals surface area contributed by atoms with Crippen molar-refractivity contribution in [3.63, 3.8) is 0 Å².